The summed E-state index contributed by atoms with van der Waals surface area (Å²) in [5.41, 5.74) is 3.40. The zero-order chi connectivity index (χ0) is 16.7. The molecule has 0 spiro atoms. The lowest BCUT2D eigenvalue weighted by molar-refractivity contribution is 0.338. The fourth-order valence-corrected chi connectivity index (χ4v) is 5.51. The van der Waals surface area contributed by atoms with E-state index in [1.807, 2.05) is 6.92 Å². The van der Waals surface area contributed by atoms with Gasteiger partial charge in [0.2, 0.25) is 0 Å². The number of fused-ring (bicyclic) bond motifs is 3. The average Bonchev–Trinajstić information content (AvgIpc) is 2.93. The highest BCUT2D eigenvalue weighted by Crippen LogP contribution is 2.43. The van der Waals surface area contributed by atoms with Crippen LogP contribution < -0.4 is 4.74 Å². The molecular weight excluding hydrogens is 452 g/mol. The molecule has 124 valence electrons. The Kier molecular flexibility index (Phi) is 4.62. The van der Waals surface area contributed by atoms with E-state index >= 15 is 0 Å². The van der Waals surface area contributed by atoms with Gasteiger partial charge >= 0.3 is 0 Å². The number of aromatic nitrogens is 2. The summed E-state index contributed by atoms with van der Waals surface area (Å²) in [6.07, 6.45) is 0. The van der Waals surface area contributed by atoms with Crippen molar-refractivity contribution in [1.82, 2.24) is 9.55 Å². The maximum absolute atomic E-state index is 5.77. The van der Waals surface area contributed by atoms with Crippen molar-refractivity contribution in [2.75, 3.05) is 12.4 Å². The average molecular weight is 468 g/mol. The number of thioether (sulfide) groups is 1. The normalized spacial score (nSPS) is 20.1. The summed E-state index contributed by atoms with van der Waals surface area (Å²) < 4.78 is 9.06. The maximum Gasteiger partial charge on any atom is 0.169 e. The molecule has 1 aliphatic heterocycles. The molecule has 1 aliphatic rings. The van der Waals surface area contributed by atoms with Crippen molar-refractivity contribution < 1.29 is 4.74 Å². The number of nitrogens with zero attached hydrogens (tertiary/aromatic N) is 2. The summed E-state index contributed by atoms with van der Waals surface area (Å²) in [6, 6.07) is 15.0. The summed E-state index contributed by atoms with van der Waals surface area (Å²) in [4.78, 5) is 5.20. The molecule has 0 saturated heterocycles. The second-order valence-corrected chi connectivity index (χ2v) is 8.67. The third-order valence-electron chi connectivity index (χ3n) is 4.14. The number of rotatable bonds is 3. The predicted octanol–water partition coefficient (Wildman–Crippen LogP) is 5.66. The second-order valence-electron chi connectivity index (χ2n) is 5.65. The Hall–Kier alpha value is -0.980. The van der Waals surface area contributed by atoms with E-state index in [0.717, 1.165) is 32.2 Å². The second kappa shape index (κ2) is 6.73. The number of ether oxygens (including phenoxy) is 1. The van der Waals surface area contributed by atoms with Crippen LogP contribution in [0.25, 0.3) is 11.0 Å². The van der Waals surface area contributed by atoms with E-state index in [4.69, 9.17) is 9.72 Å². The molecule has 2 aromatic carbocycles. The highest BCUT2D eigenvalue weighted by Gasteiger charge is 2.32. The van der Waals surface area contributed by atoms with Crippen LogP contribution in [0.1, 0.15) is 18.5 Å². The molecule has 0 bridgehead atoms. The molecule has 1 aromatic heterocycles. The van der Waals surface area contributed by atoms with E-state index in [9.17, 15) is 0 Å². The van der Waals surface area contributed by atoms with Crippen LogP contribution in [0.3, 0.4) is 0 Å². The third-order valence-corrected chi connectivity index (χ3v) is 7.09. The summed E-state index contributed by atoms with van der Waals surface area (Å²) in [6.45, 7) is 2.64. The molecular formula is C18H16Br2N2OS. The Morgan fingerprint density at radius 3 is 2.83 bits per heavy atom. The first kappa shape index (κ1) is 16.5. The van der Waals surface area contributed by atoms with Gasteiger partial charge in [-0.2, -0.15) is 0 Å². The lowest BCUT2D eigenvalue weighted by Gasteiger charge is -2.30. The molecule has 6 heteroatoms. The molecule has 0 aliphatic carbocycles. The zero-order valence-electron chi connectivity index (χ0n) is 13.1. The molecule has 24 heavy (non-hydrogen) atoms. The Balaban J connectivity index is 1.94. The number of halogens is 2. The molecule has 0 saturated carbocycles. The standard InChI is InChI=1S/C18H16Br2N2OS/c1-2-23-16-9-15-14(8-12(16)19)21-18-22(15)17(13(20)10-24-18)11-6-4-3-5-7-11/h3-9,13,17H,2,10H2,1H3/t13-,17+/m0/s1. The van der Waals surface area contributed by atoms with E-state index in [1.54, 1.807) is 11.8 Å². The lowest BCUT2D eigenvalue weighted by atomic mass is 10.0. The molecule has 3 nitrogen and oxygen atoms in total. The van der Waals surface area contributed by atoms with E-state index in [0.29, 0.717) is 11.4 Å². The maximum atomic E-state index is 5.77. The van der Waals surface area contributed by atoms with Crippen LogP contribution in [0.15, 0.2) is 52.1 Å². The number of hydrogen-bond acceptors (Lipinski definition) is 3. The largest absolute Gasteiger partial charge is 0.493 e. The third kappa shape index (κ3) is 2.78. The van der Waals surface area contributed by atoms with Crippen LogP contribution in [0.4, 0.5) is 0 Å². The smallest absolute Gasteiger partial charge is 0.169 e. The van der Waals surface area contributed by atoms with Crippen LogP contribution in [-0.4, -0.2) is 26.7 Å². The van der Waals surface area contributed by atoms with Crippen molar-refractivity contribution in [3.05, 3.63) is 52.5 Å². The summed E-state index contributed by atoms with van der Waals surface area (Å²) >= 11 is 9.27. The number of imidazole rings is 1. The molecule has 2 heterocycles. The van der Waals surface area contributed by atoms with Gasteiger partial charge in [0.25, 0.3) is 0 Å². The monoisotopic (exact) mass is 466 g/mol. The van der Waals surface area contributed by atoms with Crippen molar-refractivity contribution in [1.29, 1.82) is 0 Å². The van der Waals surface area contributed by atoms with E-state index in [1.165, 1.54) is 5.56 Å². The Bertz CT molecular complexity index is 882. The van der Waals surface area contributed by atoms with Crippen LogP contribution >= 0.6 is 43.6 Å². The Labute approximate surface area is 162 Å². The van der Waals surface area contributed by atoms with Crippen molar-refractivity contribution in [2.24, 2.45) is 0 Å². The van der Waals surface area contributed by atoms with Crippen molar-refractivity contribution in [3.8, 4) is 5.75 Å². The van der Waals surface area contributed by atoms with Gasteiger partial charge < -0.3 is 9.30 Å². The van der Waals surface area contributed by atoms with Crippen LogP contribution in [0, 0.1) is 0 Å². The Morgan fingerprint density at radius 2 is 2.08 bits per heavy atom. The number of hydrogen-bond donors (Lipinski definition) is 0. The summed E-state index contributed by atoms with van der Waals surface area (Å²) in [5, 5.41) is 1.06. The van der Waals surface area contributed by atoms with Gasteiger partial charge in [-0.15, -0.1) is 0 Å². The van der Waals surface area contributed by atoms with Gasteiger partial charge in [0.1, 0.15) is 5.75 Å². The van der Waals surface area contributed by atoms with Crippen molar-refractivity contribution >= 4 is 54.7 Å². The fourth-order valence-electron chi connectivity index (χ4n) is 3.13. The highest BCUT2D eigenvalue weighted by atomic mass is 79.9. The van der Waals surface area contributed by atoms with Gasteiger partial charge in [0, 0.05) is 16.6 Å². The van der Waals surface area contributed by atoms with Gasteiger partial charge in [0.05, 0.1) is 28.2 Å². The predicted molar refractivity (Wildman–Crippen MR) is 107 cm³/mol. The van der Waals surface area contributed by atoms with E-state index < -0.39 is 0 Å². The topological polar surface area (TPSA) is 27.1 Å². The van der Waals surface area contributed by atoms with E-state index in [-0.39, 0.29) is 6.04 Å². The lowest BCUT2D eigenvalue weighted by Crippen LogP contribution is -2.27. The van der Waals surface area contributed by atoms with Gasteiger partial charge in [-0.25, -0.2) is 4.98 Å². The highest BCUT2D eigenvalue weighted by molar-refractivity contribution is 9.10. The molecule has 4 rings (SSSR count). The quantitative estimate of drug-likeness (QED) is 0.465. The van der Waals surface area contributed by atoms with E-state index in [2.05, 4.69) is 78.9 Å². The molecule has 3 aromatic rings. The molecule has 2 atom stereocenters. The van der Waals surface area contributed by atoms with Crippen molar-refractivity contribution in [2.45, 2.75) is 22.9 Å². The molecule has 0 fully saturated rings. The van der Waals surface area contributed by atoms with Crippen LogP contribution in [0.5, 0.6) is 5.75 Å². The molecule has 0 radical (unpaired) electrons. The minimum Gasteiger partial charge on any atom is -0.493 e. The first-order valence-corrected chi connectivity index (χ1v) is 10.5. The SMILES string of the molecule is CCOc1cc2c(cc1Br)nc1n2[C@H](c2ccccc2)[C@@H](Br)CS1. The fraction of sp³-hybridized carbons (Fsp3) is 0.278. The molecule has 0 amide bonds. The minimum atomic E-state index is 0.225. The van der Waals surface area contributed by atoms with Crippen molar-refractivity contribution in [3.63, 3.8) is 0 Å². The summed E-state index contributed by atoms with van der Waals surface area (Å²) in [7, 11) is 0. The van der Waals surface area contributed by atoms with Gasteiger partial charge in [-0.3, -0.25) is 0 Å². The van der Waals surface area contributed by atoms with Crippen LogP contribution in [-0.2, 0) is 0 Å². The number of alkyl halides is 1. The first-order chi connectivity index (χ1) is 11.7. The first-order valence-electron chi connectivity index (χ1n) is 7.85. The molecule has 0 N–H and O–H groups in total. The Morgan fingerprint density at radius 1 is 1.29 bits per heavy atom. The van der Waals surface area contributed by atoms with Crippen LogP contribution in [0.2, 0.25) is 0 Å². The summed E-state index contributed by atoms with van der Waals surface area (Å²) in [5.74, 6) is 1.86. The van der Waals surface area contributed by atoms with Gasteiger partial charge in [-0.1, -0.05) is 58.0 Å². The number of benzene rings is 2. The van der Waals surface area contributed by atoms with Gasteiger partial charge in [0.15, 0.2) is 5.16 Å². The molecule has 0 unspecified atom stereocenters. The minimum absolute atomic E-state index is 0.225. The zero-order valence-corrected chi connectivity index (χ0v) is 17.1. The van der Waals surface area contributed by atoms with Gasteiger partial charge in [-0.05, 0) is 34.5 Å².